The summed E-state index contributed by atoms with van der Waals surface area (Å²) < 4.78 is 10.8. The summed E-state index contributed by atoms with van der Waals surface area (Å²) in [7, 11) is 5.62. The number of nitrogens with zero attached hydrogens (tertiary/aromatic N) is 3. The molecule has 1 aromatic carbocycles. The van der Waals surface area contributed by atoms with E-state index in [-0.39, 0.29) is 6.04 Å². The zero-order valence-corrected chi connectivity index (χ0v) is 19.3. The van der Waals surface area contributed by atoms with Gasteiger partial charge in [0.1, 0.15) is 5.75 Å². The second kappa shape index (κ2) is 14.2. The SMILES string of the molecule is CCNC(=NCC(c1ccccc1OC)N1CCCC1)NCCCN(C)CCOC. The summed E-state index contributed by atoms with van der Waals surface area (Å²) in [6, 6.07) is 8.58. The third kappa shape index (κ3) is 8.13. The van der Waals surface area contributed by atoms with Crippen molar-refractivity contribution in [2.75, 3.05) is 73.7 Å². The van der Waals surface area contributed by atoms with E-state index < -0.39 is 0 Å². The first-order valence-corrected chi connectivity index (χ1v) is 11.3. The molecular weight excluding hydrogens is 378 g/mol. The largest absolute Gasteiger partial charge is 0.496 e. The first-order chi connectivity index (χ1) is 14.7. The molecule has 0 spiro atoms. The van der Waals surface area contributed by atoms with Gasteiger partial charge in [-0.15, -0.1) is 0 Å². The number of hydrogen-bond donors (Lipinski definition) is 2. The lowest BCUT2D eigenvalue weighted by Gasteiger charge is -2.28. The van der Waals surface area contributed by atoms with Crippen LogP contribution in [0.5, 0.6) is 5.75 Å². The van der Waals surface area contributed by atoms with Gasteiger partial charge in [0.2, 0.25) is 0 Å². The molecule has 1 aliphatic heterocycles. The Hall–Kier alpha value is -1.83. The van der Waals surface area contributed by atoms with Crippen molar-refractivity contribution in [3.05, 3.63) is 29.8 Å². The van der Waals surface area contributed by atoms with Gasteiger partial charge in [-0.2, -0.15) is 0 Å². The standard InChI is InChI=1S/C23H41N5O2/c1-5-24-23(25-13-10-14-27(2)17-18-29-3)26-19-21(28-15-8-9-16-28)20-11-6-7-12-22(20)30-4/h6-7,11-12,21H,5,8-10,13-19H2,1-4H3,(H2,24,25,26). The Morgan fingerprint density at radius 2 is 1.93 bits per heavy atom. The van der Waals surface area contributed by atoms with E-state index in [1.807, 2.05) is 12.1 Å². The summed E-state index contributed by atoms with van der Waals surface area (Å²) in [6.07, 6.45) is 3.57. The van der Waals surface area contributed by atoms with Gasteiger partial charge in [-0.3, -0.25) is 9.89 Å². The molecule has 7 heteroatoms. The van der Waals surface area contributed by atoms with Gasteiger partial charge in [-0.25, -0.2) is 0 Å². The topological polar surface area (TPSA) is 61.4 Å². The van der Waals surface area contributed by atoms with E-state index >= 15 is 0 Å². The van der Waals surface area contributed by atoms with Crippen molar-refractivity contribution < 1.29 is 9.47 Å². The average Bonchev–Trinajstić information content (AvgIpc) is 3.30. The molecule has 1 fully saturated rings. The summed E-state index contributed by atoms with van der Waals surface area (Å²) in [6.45, 7) is 9.57. The third-order valence-corrected chi connectivity index (χ3v) is 5.53. The highest BCUT2D eigenvalue weighted by atomic mass is 16.5. The smallest absolute Gasteiger partial charge is 0.191 e. The van der Waals surface area contributed by atoms with Crippen molar-refractivity contribution >= 4 is 5.96 Å². The Balaban J connectivity index is 1.97. The maximum Gasteiger partial charge on any atom is 0.191 e. The minimum Gasteiger partial charge on any atom is -0.496 e. The van der Waals surface area contributed by atoms with E-state index in [9.17, 15) is 0 Å². The molecule has 0 radical (unpaired) electrons. The molecule has 170 valence electrons. The Bertz CT molecular complexity index is 619. The molecule has 1 heterocycles. The van der Waals surface area contributed by atoms with E-state index in [2.05, 4.69) is 46.5 Å². The lowest BCUT2D eigenvalue weighted by atomic mass is 10.0. The Morgan fingerprint density at radius 1 is 1.17 bits per heavy atom. The zero-order chi connectivity index (χ0) is 21.6. The monoisotopic (exact) mass is 419 g/mol. The van der Waals surface area contributed by atoms with Crippen LogP contribution in [-0.4, -0.2) is 89.4 Å². The van der Waals surface area contributed by atoms with Crippen molar-refractivity contribution in [1.29, 1.82) is 0 Å². The van der Waals surface area contributed by atoms with E-state index in [1.54, 1.807) is 14.2 Å². The maximum atomic E-state index is 5.65. The molecule has 1 atom stereocenters. The fourth-order valence-corrected chi connectivity index (χ4v) is 3.84. The average molecular weight is 420 g/mol. The van der Waals surface area contributed by atoms with Crippen molar-refractivity contribution in [3.8, 4) is 5.75 Å². The highest BCUT2D eigenvalue weighted by Gasteiger charge is 2.25. The second-order valence-electron chi connectivity index (χ2n) is 7.80. The number of benzene rings is 1. The first-order valence-electron chi connectivity index (χ1n) is 11.3. The van der Waals surface area contributed by atoms with Crippen LogP contribution in [0.4, 0.5) is 0 Å². The lowest BCUT2D eigenvalue weighted by molar-refractivity contribution is 0.161. The highest BCUT2D eigenvalue weighted by molar-refractivity contribution is 5.79. The Morgan fingerprint density at radius 3 is 2.63 bits per heavy atom. The molecule has 0 aromatic heterocycles. The van der Waals surface area contributed by atoms with Crippen LogP contribution >= 0.6 is 0 Å². The molecule has 2 N–H and O–H groups in total. The fraction of sp³-hybridized carbons (Fsp3) is 0.696. The second-order valence-corrected chi connectivity index (χ2v) is 7.80. The lowest BCUT2D eigenvalue weighted by Crippen LogP contribution is -2.39. The molecule has 0 bridgehead atoms. The van der Waals surface area contributed by atoms with Crippen molar-refractivity contribution in [1.82, 2.24) is 20.4 Å². The van der Waals surface area contributed by atoms with Crippen LogP contribution in [0.15, 0.2) is 29.3 Å². The third-order valence-electron chi connectivity index (χ3n) is 5.53. The van der Waals surface area contributed by atoms with Gasteiger partial charge in [-0.1, -0.05) is 18.2 Å². The first kappa shape index (κ1) is 24.4. The van der Waals surface area contributed by atoms with E-state index in [0.717, 1.165) is 64.0 Å². The Labute approximate surface area is 182 Å². The van der Waals surface area contributed by atoms with Gasteiger partial charge >= 0.3 is 0 Å². The number of ether oxygens (including phenoxy) is 2. The fourth-order valence-electron chi connectivity index (χ4n) is 3.84. The van der Waals surface area contributed by atoms with E-state index in [1.165, 1.54) is 18.4 Å². The zero-order valence-electron chi connectivity index (χ0n) is 19.3. The predicted molar refractivity (Wildman–Crippen MR) is 125 cm³/mol. The molecule has 1 aromatic rings. The van der Waals surface area contributed by atoms with Crippen LogP contribution < -0.4 is 15.4 Å². The number of likely N-dealkylation sites (tertiary alicyclic amines) is 1. The van der Waals surface area contributed by atoms with E-state index in [4.69, 9.17) is 14.5 Å². The van der Waals surface area contributed by atoms with Crippen molar-refractivity contribution in [2.24, 2.45) is 4.99 Å². The summed E-state index contributed by atoms with van der Waals surface area (Å²) in [5.74, 6) is 1.83. The minimum atomic E-state index is 0.235. The van der Waals surface area contributed by atoms with Gasteiger partial charge in [0, 0.05) is 32.3 Å². The number of likely N-dealkylation sites (N-methyl/N-ethyl adjacent to an activating group) is 1. The van der Waals surface area contributed by atoms with Crippen molar-refractivity contribution in [3.63, 3.8) is 0 Å². The normalized spacial score (nSPS) is 16.1. The molecule has 1 aliphatic rings. The van der Waals surface area contributed by atoms with E-state index in [0.29, 0.717) is 6.54 Å². The number of guanidine groups is 1. The van der Waals surface area contributed by atoms with Gasteiger partial charge in [-0.05, 0) is 58.9 Å². The van der Waals surface area contributed by atoms with Crippen LogP contribution in [-0.2, 0) is 4.74 Å². The Kier molecular flexibility index (Phi) is 11.6. The molecule has 7 nitrogen and oxygen atoms in total. The number of methoxy groups -OCH3 is 2. The van der Waals surface area contributed by atoms with Crippen LogP contribution in [0, 0.1) is 0 Å². The van der Waals surface area contributed by atoms with Gasteiger partial charge in [0.25, 0.3) is 0 Å². The number of hydrogen-bond acceptors (Lipinski definition) is 5. The molecule has 1 unspecified atom stereocenters. The maximum absolute atomic E-state index is 5.65. The van der Waals surface area contributed by atoms with Crippen LogP contribution in [0.2, 0.25) is 0 Å². The predicted octanol–water partition coefficient (Wildman–Crippen LogP) is 2.36. The summed E-state index contributed by atoms with van der Waals surface area (Å²) >= 11 is 0. The van der Waals surface area contributed by atoms with Gasteiger partial charge in [0.05, 0.1) is 26.3 Å². The number of para-hydroxylation sites is 1. The molecular formula is C23H41N5O2. The molecule has 0 amide bonds. The van der Waals surface area contributed by atoms with Crippen LogP contribution in [0.1, 0.15) is 37.8 Å². The summed E-state index contributed by atoms with van der Waals surface area (Å²) in [4.78, 5) is 9.77. The minimum absolute atomic E-state index is 0.235. The van der Waals surface area contributed by atoms with Crippen LogP contribution in [0.25, 0.3) is 0 Å². The van der Waals surface area contributed by atoms with Crippen LogP contribution in [0.3, 0.4) is 0 Å². The molecule has 1 saturated heterocycles. The molecule has 0 saturated carbocycles. The number of nitrogens with one attached hydrogen (secondary N) is 2. The molecule has 0 aliphatic carbocycles. The quantitative estimate of drug-likeness (QED) is 0.291. The molecule has 2 rings (SSSR count). The highest BCUT2D eigenvalue weighted by Crippen LogP contribution is 2.31. The number of aliphatic imine (C=N–C) groups is 1. The summed E-state index contributed by atoms with van der Waals surface area (Å²) in [5, 5.41) is 6.88. The molecule has 30 heavy (non-hydrogen) atoms. The number of rotatable bonds is 13. The van der Waals surface area contributed by atoms with Gasteiger partial charge < -0.3 is 25.0 Å². The van der Waals surface area contributed by atoms with Crippen molar-refractivity contribution in [2.45, 2.75) is 32.2 Å². The van der Waals surface area contributed by atoms with Gasteiger partial charge in [0.15, 0.2) is 5.96 Å². The summed E-state index contributed by atoms with van der Waals surface area (Å²) in [5.41, 5.74) is 1.22.